The van der Waals surface area contributed by atoms with Crippen LogP contribution in [0.25, 0.3) is 0 Å². The van der Waals surface area contributed by atoms with Crippen LogP contribution in [0, 0.1) is 0 Å². The first-order chi connectivity index (χ1) is 14.1. The molecule has 0 spiro atoms. The molecular weight excluding hydrogens is 396 g/mol. The van der Waals surface area contributed by atoms with Gasteiger partial charge in [0.1, 0.15) is 18.1 Å². The van der Waals surface area contributed by atoms with Gasteiger partial charge in [-0.15, -0.1) is 0 Å². The van der Waals surface area contributed by atoms with Gasteiger partial charge in [-0.25, -0.2) is 0 Å². The number of carbonyl (C=O) groups is 5. The third-order valence-corrected chi connectivity index (χ3v) is 4.72. The summed E-state index contributed by atoms with van der Waals surface area (Å²) in [6.45, 7) is 2.38. The van der Waals surface area contributed by atoms with Gasteiger partial charge in [0.2, 0.25) is 23.6 Å². The van der Waals surface area contributed by atoms with Crippen LogP contribution in [0.1, 0.15) is 45.4 Å². The zero-order chi connectivity index (χ0) is 22.7. The van der Waals surface area contributed by atoms with Crippen molar-refractivity contribution < 1.29 is 29.1 Å². The summed E-state index contributed by atoms with van der Waals surface area (Å²) in [7, 11) is 0. The van der Waals surface area contributed by atoms with Gasteiger partial charge in [0, 0.05) is 0 Å². The largest absolute Gasteiger partial charge is 0.480 e. The van der Waals surface area contributed by atoms with Gasteiger partial charge in [-0.05, 0) is 52.1 Å². The maximum absolute atomic E-state index is 12.8. The summed E-state index contributed by atoms with van der Waals surface area (Å²) in [4.78, 5) is 59.8. The molecule has 4 atom stereocenters. The summed E-state index contributed by atoms with van der Waals surface area (Å²) in [5.74, 6) is -3.97. The lowest BCUT2D eigenvalue weighted by Crippen LogP contribution is -2.57. The molecule has 1 saturated heterocycles. The van der Waals surface area contributed by atoms with Crippen LogP contribution in [0.4, 0.5) is 0 Å². The first kappa shape index (κ1) is 25.3. The minimum atomic E-state index is -1.37. The van der Waals surface area contributed by atoms with E-state index in [1.807, 2.05) is 0 Å². The Hall–Kier alpha value is -2.73. The fourth-order valence-corrected chi connectivity index (χ4v) is 3.00. The molecule has 12 heteroatoms. The number of carboxylic acid groups (broad SMARTS) is 1. The standard InChI is InChI=1S/C18H32N6O6/c1-10(18(29)30)22-17(28)13(9-14(20)25)24-16(27)12(5-2-3-7-19)23-15(26)11-6-4-8-21-11/h10-13,21H,2-9,19H2,1H3,(H2,20,25)(H,22,28)(H,23,26)(H,24,27)(H,29,30). The summed E-state index contributed by atoms with van der Waals surface area (Å²) in [5.41, 5.74) is 10.6. The van der Waals surface area contributed by atoms with Crippen LogP contribution in [0.3, 0.4) is 0 Å². The second-order valence-electron chi connectivity index (χ2n) is 7.29. The van der Waals surface area contributed by atoms with E-state index in [2.05, 4.69) is 21.3 Å². The van der Waals surface area contributed by atoms with Gasteiger partial charge >= 0.3 is 5.97 Å². The predicted octanol–water partition coefficient (Wildman–Crippen LogP) is -2.70. The zero-order valence-corrected chi connectivity index (χ0v) is 17.1. The lowest BCUT2D eigenvalue weighted by Gasteiger charge is -2.24. The molecule has 1 fully saturated rings. The zero-order valence-electron chi connectivity index (χ0n) is 17.1. The molecule has 30 heavy (non-hydrogen) atoms. The van der Waals surface area contributed by atoms with E-state index >= 15 is 0 Å². The molecule has 170 valence electrons. The van der Waals surface area contributed by atoms with Crippen molar-refractivity contribution in [2.45, 2.75) is 69.6 Å². The number of nitrogens with one attached hydrogen (secondary N) is 4. The van der Waals surface area contributed by atoms with Crippen molar-refractivity contribution in [1.82, 2.24) is 21.3 Å². The summed E-state index contributed by atoms with van der Waals surface area (Å²) >= 11 is 0. The second-order valence-corrected chi connectivity index (χ2v) is 7.29. The Morgan fingerprint density at radius 3 is 2.27 bits per heavy atom. The highest BCUT2D eigenvalue weighted by molar-refractivity contribution is 5.96. The van der Waals surface area contributed by atoms with Crippen molar-refractivity contribution in [2.24, 2.45) is 11.5 Å². The van der Waals surface area contributed by atoms with Crippen molar-refractivity contribution in [3.8, 4) is 0 Å². The molecule has 0 saturated carbocycles. The molecule has 1 aliphatic heterocycles. The normalized spacial score (nSPS) is 18.7. The van der Waals surface area contributed by atoms with E-state index in [1.165, 1.54) is 6.92 Å². The lowest BCUT2D eigenvalue weighted by molar-refractivity contribution is -0.142. The minimum Gasteiger partial charge on any atom is -0.480 e. The number of unbranched alkanes of at least 4 members (excludes halogenated alkanes) is 1. The number of aliphatic carboxylic acids is 1. The van der Waals surface area contributed by atoms with E-state index in [0.717, 1.165) is 6.42 Å². The number of hydrogen-bond acceptors (Lipinski definition) is 7. The van der Waals surface area contributed by atoms with Crippen molar-refractivity contribution in [3.05, 3.63) is 0 Å². The highest BCUT2D eigenvalue weighted by Crippen LogP contribution is 2.08. The molecule has 4 unspecified atom stereocenters. The molecule has 4 amide bonds. The maximum Gasteiger partial charge on any atom is 0.325 e. The Bertz CT molecular complexity index is 637. The number of amides is 4. The Kier molecular flexibility index (Phi) is 10.8. The Morgan fingerprint density at radius 1 is 1.07 bits per heavy atom. The molecule has 0 radical (unpaired) electrons. The Labute approximate surface area is 174 Å². The van der Waals surface area contributed by atoms with Crippen LogP contribution in [-0.4, -0.2) is 72.0 Å². The molecule has 1 aliphatic rings. The van der Waals surface area contributed by atoms with Gasteiger partial charge in [-0.1, -0.05) is 0 Å². The van der Waals surface area contributed by atoms with Gasteiger partial charge in [0.15, 0.2) is 0 Å². The SMILES string of the molecule is CC(NC(=O)C(CC(N)=O)NC(=O)C(CCCCN)NC(=O)C1CCCN1)C(=O)O. The molecular formula is C18H32N6O6. The Morgan fingerprint density at radius 2 is 1.73 bits per heavy atom. The quantitative estimate of drug-likeness (QED) is 0.153. The van der Waals surface area contributed by atoms with Crippen molar-refractivity contribution in [2.75, 3.05) is 13.1 Å². The highest BCUT2D eigenvalue weighted by atomic mass is 16.4. The van der Waals surface area contributed by atoms with Crippen molar-refractivity contribution in [3.63, 3.8) is 0 Å². The average molecular weight is 428 g/mol. The van der Waals surface area contributed by atoms with E-state index in [9.17, 15) is 24.0 Å². The van der Waals surface area contributed by atoms with Gasteiger partial charge < -0.3 is 37.8 Å². The molecule has 1 rings (SSSR count). The van der Waals surface area contributed by atoms with E-state index in [4.69, 9.17) is 16.6 Å². The van der Waals surface area contributed by atoms with E-state index in [1.54, 1.807) is 0 Å². The van der Waals surface area contributed by atoms with Gasteiger partial charge in [-0.2, -0.15) is 0 Å². The van der Waals surface area contributed by atoms with Crippen LogP contribution in [0.2, 0.25) is 0 Å². The number of carboxylic acids is 1. The lowest BCUT2D eigenvalue weighted by atomic mass is 10.1. The first-order valence-corrected chi connectivity index (χ1v) is 10.0. The highest BCUT2D eigenvalue weighted by Gasteiger charge is 2.31. The maximum atomic E-state index is 12.8. The summed E-state index contributed by atoms with van der Waals surface area (Å²) in [6, 6.07) is -3.92. The van der Waals surface area contributed by atoms with Gasteiger partial charge in [-0.3, -0.25) is 24.0 Å². The van der Waals surface area contributed by atoms with Crippen LogP contribution in [-0.2, 0) is 24.0 Å². The van der Waals surface area contributed by atoms with Crippen molar-refractivity contribution in [1.29, 1.82) is 0 Å². The fourth-order valence-electron chi connectivity index (χ4n) is 3.00. The average Bonchev–Trinajstić information content (AvgIpc) is 3.21. The van der Waals surface area contributed by atoms with Crippen LogP contribution in [0.5, 0.6) is 0 Å². The van der Waals surface area contributed by atoms with Crippen LogP contribution >= 0.6 is 0 Å². The number of nitrogens with two attached hydrogens (primary N) is 2. The monoisotopic (exact) mass is 428 g/mol. The summed E-state index contributed by atoms with van der Waals surface area (Å²) in [6.07, 6.45) is 2.49. The summed E-state index contributed by atoms with van der Waals surface area (Å²) in [5, 5.41) is 19.2. The third kappa shape index (κ3) is 8.74. The molecule has 1 heterocycles. The number of carbonyl (C=O) groups excluding carboxylic acids is 4. The smallest absolute Gasteiger partial charge is 0.325 e. The number of hydrogen-bond donors (Lipinski definition) is 7. The fraction of sp³-hybridized carbons (Fsp3) is 0.722. The molecule has 0 bridgehead atoms. The van der Waals surface area contributed by atoms with Crippen LogP contribution < -0.4 is 32.7 Å². The minimum absolute atomic E-state index is 0.290. The Balaban J connectivity index is 2.84. The van der Waals surface area contributed by atoms with Crippen LogP contribution in [0.15, 0.2) is 0 Å². The third-order valence-electron chi connectivity index (χ3n) is 4.72. The second kappa shape index (κ2) is 12.8. The van der Waals surface area contributed by atoms with Gasteiger partial charge in [0.25, 0.3) is 0 Å². The molecule has 0 aliphatic carbocycles. The van der Waals surface area contributed by atoms with E-state index in [0.29, 0.717) is 32.4 Å². The molecule has 12 nitrogen and oxygen atoms in total. The first-order valence-electron chi connectivity index (χ1n) is 10.0. The molecule has 0 aromatic heterocycles. The van der Waals surface area contributed by atoms with E-state index in [-0.39, 0.29) is 12.3 Å². The number of rotatable bonds is 13. The van der Waals surface area contributed by atoms with E-state index < -0.39 is 54.3 Å². The molecule has 9 N–H and O–H groups in total. The predicted molar refractivity (Wildman–Crippen MR) is 107 cm³/mol. The number of primary amides is 1. The van der Waals surface area contributed by atoms with Crippen molar-refractivity contribution >= 4 is 29.6 Å². The topological polar surface area (TPSA) is 206 Å². The molecule has 0 aromatic rings. The summed E-state index contributed by atoms with van der Waals surface area (Å²) < 4.78 is 0. The van der Waals surface area contributed by atoms with Gasteiger partial charge in [0.05, 0.1) is 12.5 Å². The molecule has 0 aromatic carbocycles.